The van der Waals surface area contributed by atoms with Gasteiger partial charge in [0.25, 0.3) is 0 Å². The summed E-state index contributed by atoms with van der Waals surface area (Å²) < 4.78 is 22.6. The minimum Gasteiger partial charge on any atom is -0.317 e. The summed E-state index contributed by atoms with van der Waals surface area (Å²) in [4.78, 5) is 0. The van der Waals surface area contributed by atoms with Crippen molar-refractivity contribution in [3.63, 3.8) is 0 Å². The molecule has 0 bridgehead atoms. The molecule has 0 radical (unpaired) electrons. The zero-order valence-electron chi connectivity index (χ0n) is 12.1. The minimum atomic E-state index is -2.87. The molecule has 108 valence electrons. The molecule has 1 N–H and O–H groups in total. The molecule has 0 aliphatic rings. The summed E-state index contributed by atoms with van der Waals surface area (Å²) in [6.07, 6.45) is 2.97. The van der Waals surface area contributed by atoms with E-state index in [0.717, 1.165) is 25.9 Å². The summed E-state index contributed by atoms with van der Waals surface area (Å²) in [5.74, 6) is 0.644. The number of aryl methyl sites for hydroxylation is 1. The van der Waals surface area contributed by atoms with Gasteiger partial charge in [-0.2, -0.15) is 0 Å². The molecule has 0 aliphatic heterocycles. The van der Waals surface area contributed by atoms with E-state index in [1.807, 2.05) is 12.1 Å². The first-order valence-corrected chi connectivity index (χ1v) is 8.91. The topological polar surface area (TPSA) is 46.2 Å². The SMILES string of the molecule is CCNCC(CCS(C)(=O)=O)Cc1ccccc1C. The van der Waals surface area contributed by atoms with E-state index in [4.69, 9.17) is 0 Å². The van der Waals surface area contributed by atoms with E-state index in [0.29, 0.717) is 5.92 Å². The highest BCUT2D eigenvalue weighted by atomic mass is 32.2. The van der Waals surface area contributed by atoms with E-state index < -0.39 is 9.84 Å². The van der Waals surface area contributed by atoms with Crippen LogP contribution in [0.5, 0.6) is 0 Å². The molecule has 4 heteroatoms. The number of sulfone groups is 1. The lowest BCUT2D eigenvalue weighted by Gasteiger charge is -2.18. The van der Waals surface area contributed by atoms with E-state index in [-0.39, 0.29) is 5.75 Å². The molecule has 0 fully saturated rings. The Morgan fingerprint density at radius 2 is 1.95 bits per heavy atom. The summed E-state index contributed by atoms with van der Waals surface area (Å²) in [6.45, 7) is 5.97. The van der Waals surface area contributed by atoms with Gasteiger partial charge in [-0.1, -0.05) is 31.2 Å². The van der Waals surface area contributed by atoms with E-state index in [1.54, 1.807) is 0 Å². The highest BCUT2D eigenvalue weighted by molar-refractivity contribution is 7.90. The summed E-state index contributed by atoms with van der Waals surface area (Å²) in [5, 5.41) is 3.33. The fourth-order valence-electron chi connectivity index (χ4n) is 2.16. The Morgan fingerprint density at radius 1 is 1.26 bits per heavy atom. The molecule has 1 rings (SSSR count). The summed E-state index contributed by atoms with van der Waals surface area (Å²) in [6, 6.07) is 8.32. The molecule has 0 aliphatic carbocycles. The maximum atomic E-state index is 11.3. The molecule has 1 aromatic rings. The van der Waals surface area contributed by atoms with Crippen molar-refractivity contribution in [2.75, 3.05) is 25.1 Å². The van der Waals surface area contributed by atoms with Gasteiger partial charge < -0.3 is 5.32 Å². The number of hydrogen-bond acceptors (Lipinski definition) is 3. The first-order valence-electron chi connectivity index (χ1n) is 6.85. The van der Waals surface area contributed by atoms with E-state index >= 15 is 0 Å². The maximum Gasteiger partial charge on any atom is 0.147 e. The Hall–Kier alpha value is -0.870. The summed E-state index contributed by atoms with van der Waals surface area (Å²) in [5.41, 5.74) is 2.60. The third-order valence-electron chi connectivity index (χ3n) is 3.35. The molecule has 0 spiro atoms. The van der Waals surface area contributed by atoms with Crippen LogP contribution in [0.2, 0.25) is 0 Å². The predicted molar refractivity (Wildman–Crippen MR) is 81.2 cm³/mol. The predicted octanol–water partition coefficient (Wildman–Crippen LogP) is 2.20. The van der Waals surface area contributed by atoms with E-state index in [1.165, 1.54) is 17.4 Å². The first-order chi connectivity index (χ1) is 8.92. The number of nitrogens with one attached hydrogen (secondary N) is 1. The van der Waals surface area contributed by atoms with Gasteiger partial charge in [0.05, 0.1) is 5.75 Å². The van der Waals surface area contributed by atoms with Crippen LogP contribution in [-0.4, -0.2) is 33.5 Å². The Kier molecular flexibility index (Phi) is 6.52. The van der Waals surface area contributed by atoms with Crippen LogP contribution in [0.1, 0.15) is 24.5 Å². The highest BCUT2D eigenvalue weighted by Crippen LogP contribution is 2.16. The lowest BCUT2D eigenvalue weighted by molar-refractivity contribution is 0.464. The van der Waals surface area contributed by atoms with Crippen molar-refractivity contribution in [2.45, 2.75) is 26.7 Å². The zero-order chi connectivity index (χ0) is 14.3. The van der Waals surface area contributed by atoms with Gasteiger partial charge in [0.15, 0.2) is 0 Å². The summed E-state index contributed by atoms with van der Waals surface area (Å²) in [7, 11) is -2.87. The molecular weight excluding hydrogens is 258 g/mol. The van der Waals surface area contributed by atoms with Crippen LogP contribution in [0.4, 0.5) is 0 Å². The van der Waals surface area contributed by atoms with Gasteiger partial charge in [-0.3, -0.25) is 0 Å². The third-order valence-corrected chi connectivity index (χ3v) is 4.33. The van der Waals surface area contributed by atoms with Crippen LogP contribution >= 0.6 is 0 Å². The largest absolute Gasteiger partial charge is 0.317 e. The fourth-order valence-corrected chi connectivity index (χ4v) is 2.92. The lowest BCUT2D eigenvalue weighted by Crippen LogP contribution is -2.26. The van der Waals surface area contributed by atoms with Gasteiger partial charge in [-0.25, -0.2) is 8.42 Å². The van der Waals surface area contributed by atoms with Gasteiger partial charge >= 0.3 is 0 Å². The van der Waals surface area contributed by atoms with Crippen molar-refractivity contribution in [3.8, 4) is 0 Å². The maximum absolute atomic E-state index is 11.3. The monoisotopic (exact) mass is 283 g/mol. The molecule has 1 aromatic carbocycles. The molecule has 0 saturated carbocycles. The third kappa shape index (κ3) is 6.73. The second-order valence-electron chi connectivity index (χ2n) is 5.22. The normalized spacial score (nSPS) is 13.4. The molecule has 1 unspecified atom stereocenters. The van der Waals surface area contributed by atoms with Gasteiger partial charge in [-0.05, 0) is 49.9 Å². The Bertz CT molecular complexity index is 483. The lowest BCUT2D eigenvalue weighted by atomic mass is 9.94. The van der Waals surface area contributed by atoms with Crippen LogP contribution < -0.4 is 5.32 Å². The van der Waals surface area contributed by atoms with Crippen LogP contribution in [-0.2, 0) is 16.3 Å². The van der Waals surface area contributed by atoms with Crippen LogP contribution in [0.25, 0.3) is 0 Å². The van der Waals surface area contributed by atoms with Gasteiger partial charge in [0, 0.05) is 6.26 Å². The zero-order valence-corrected chi connectivity index (χ0v) is 13.0. The minimum absolute atomic E-state index is 0.273. The van der Waals surface area contributed by atoms with Crippen molar-refractivity contribution in [1.82, 2.24) is 5.32 Å². The van der Waals surface area contributed by atoms with Crippen molar-refractivity contribution in [2.24, 2.45) is 5.92 Å². The molecule has 0 amide bonds. The fraction of sp³-hybridized carbons (Fsp3) is 0.600. The number of hydrogen-bond donors (Lipinski definition) is 1. The Morgan fingerprint density at radius 3 is 2.53 bits per heavy atom. The second-order valence-corrected chi connectivity index (χ2v) is 7.48. The molecular formula is C15H25NO2S. The highest BCUT2D eigenvalue weighted by Gasteiger charge is 2.13. The van der Waals surface area contributed by atoms with Gasteiger partial charge in [0.1, 0.15) is 9.84 Å². The Labute approximate surface area is 117 Å². The average molecular weight is 283 g/mol. The van der Waals surface area contributed by atoms with Crippen LogP contribution in [0, 0.1) is 12.8 Å². The van der Waals surface area contributed by atoms with Crippen LogP contribution in [0.3, 0.4) is 0 Å². The molecule has 0 saturated heterocycles. The molecule has 19 heavy (non-hydrogen) atoms. The molecule has 3 nitrogen and oxygen atoms in total. The van der Waals surface area contributed by atoms with Crippen molar-refractivity contribution >= 4 is 9.84 Å². The van der Waals surface area contributed by atoms with Crippen molar-refractivity contribution in [1.29, 1.82) is 0 Å². The second kappa shape index (κ2) is 7.65. The number of benzene rings is 1. The molecule has 0 aromatic heterocycles. The van der Waals surface area contributed by atoms with E-state index in [9.17, 15) is 8.42 Å². The summed E-state index contributed by atoms with van der Waals surface area (Å²) >= 11 is 0. The van der Waals surface area contributed by atoms with Crippen molar-refractivity contribution in [3.05, 3.63) is 35.4 Å². The van der Waals surface area contributed by atoms with Crippen LogP contribution in [0.15, 0.2) is 24.3 Å². The van der Waals surface area contributed by atoms with Gasteiger partial charge in [-0.15, -0.1) is 0 Å². The van der Waals surface area contributed by atoms with Gasteiger partial charge in [0.2, 0.25) is 0 Å². The smallest absolute Gasteiger partial charge is 0.147 e. The average Bonchev–Trinajstić information content (AvgIpc) is 2.34. The molecule has 1 atom stereocenters. The Balaban J connectivity index is 2.66. The quantitative estimate of drug-likeness (QED) is 0.795. The molecule has 0 heterocycles. The first kappa shape index (κ1) is 16.2. The van der Waals surface area contributed by atoms with Crippen molar-refractivity contribution < 1.29 is 8.42 Å². The number of rotatable bonds is 8. The standard InChI is InChI=1S/C15H25NO2S/c1-4-16-12-14(9-10-19(3,17)18)11-15-8-6-5-7-13(15)2/h5-8,14,16H,4,9-12H2,1-3H3. The van der Waals surface area contributed by atoms with E-state index in [2.05, 4.69) is 31.3 Å².